The molecule has 0 fully saturated rings. The quantitative estimate of drug-likeness (QED) is 0.712. The normalized spacial score (nSPS) is 10.6. The maximum absolute atomic E-state index is 11.4. The van der Waals surface area contributed by atoms with Crippen molar-refractivity contribution in [2.75, 3.05) is 7.11 Å². The number of ether oxygens (including phenoxy) is 1. The van der Waals surface area contributed by atoms with Crippen LogP contribution in [-0.2, 0) is 4.74 Å². The van der Waals surface area contributed by atoms with Gasteiger partial charge in [0, 0.05) is 17.3 Å². The van der Waals surface area contributed by atoms with E-state index in [1.165, 1.54) is 13.4 Å². The average Bonchev–Trinajstić information content (AvgIpc) is 2.90. The Morgan fingerprint density at radius 1 is 1.26 bits per heavy atom. The number of benzene rings is 1. The predicted molar refractivity (Wildman–Crippen MR) is 70.7 cm³/mol. The van der Waals surface area contributed by atoms with Crippen LogP contribution in [0.1, 0.15) is 10.4 Å². The Labute approximate surface area is 109 Å². The molecular formula is C14H11N3O2. The number of carbonyl (C=O) groups excluding carboxylic acids is 1. The van der Waals surface area contributed by atoms with Crippen LogP contribution in [0.5, 0.6) is 0 Å². The molecule has 0 aliphatic heterocycles. The van der Waals surface area contributed by atoms with Crippen LogP contribution in [0.3, 0.4) is 0 Å². The largest absolute Gasteiger partial charge is 0.465 e. The Kier molecular flexibility index (Phi) is 2.72. The first-order valence-corrected chi connectivity index (χ1v) is 5.75. The van der Waals surface area contributed by atoms with E-state index in [2.05, 4.69) is 19.7 Å². The van der Waals surface area contributed by atoms with Gasteiger partial charge in [-0.05, 0) is 23.8 Å². The molecule has 1 N–H and O–H groups in total. The minimum Gasteiger partial charge on any atom is -0.465 e. The highest BCUT2D eigenvalue weighted by molar-refractivity contribution is 5.90. The summed E-state index contributed by atoms with van der Waals surface area (Å²) in [5.41, 5.74) is 3.24. The van der Waals surface area contributed by atoms with Crippen molar-refractivity contribution in [3.05, 3.63) is 48.4 Å². The molecule has 2 aromatic heterocycles. The van der Waals surface area contributed by atoms with E-state index in [4.69, 9.17) is 0 Å². The molecule has 3 aromatic rings. The van der Waals surface area contributed by atoms with Crippen molar-refractivity contribution in [3.63, 3.8) is 0 Å². The third kappa shape index (κ3) is 2.06. The Bertz CT molecular complexity index is 699. The van der Waals surface area contributed by atoms with Crippen molar-refractivity contribution in [3.8, 4) is 11.3 Å². The minimum absolute atomic E-state index is 0.339. The lowest BCUT2D eigenvalue weighted by Crippen LogP contribution is -2.00. The molecule has 0 aliphatic carbocycles. The third-order valence-corrected chi connectivity index (χ3v) is 2.91. The molecule has 0 saturated heterocycles. The Balaban J connectivity index is 1.99. The summed E-state index contributed by atoms with van der Waals surface area (Å²) in [6.07, 6.45) is 3.26. The van der Waals surface area contributed by atoms with Gasteiger partial charge in [0.25, 0.3) is 0 Å². The van der Waals surface area contributed by atoms with Gasteiger partial charge >= 0.3 is 5.97 Å². The van der Waals surface area contributed by atoms with Crippen molar-refractivity contribution in [1.29, 1.82) is 0 Å². The SMILES string of the molecule is COC(=O)c1ccc(-c2cc3cncnc3[nH]2)cc1. The molecule has 0 aliphatic rings. The number of H-pyrrole nitrogens is 1. The lowest BCUT2D eigenvalue weighted by atomic mass is 10.1. The van der Waals surface area contributed by atoms with Gasteiger partial charge in [-0.2, -0.15) is 0 Å². The first kappa shape index (κ1) is 11.4. The lowest BCUT2D eigenvalue weighted by Gasteiger charge is -2.01. The number of nitrogens with one attached hydrogen (secondary N) is 1. The van der Waals surface area contributed by atoms with E-state index >= 15 is 0 Å². The Morgan fingerprint density at radius 3 is 2.74 bits per heavy atom. The van der Waals surface area contributed by atoms with Crippen LogP contribution in [-0.4, -0.2) is 28.0 Å². The number of methoxy groups -OCH3 is 1. The van der Waals surface area contributed by atoms with Gasteiger partial charge in [0.1, 0.15) is 12.0 Å². The molecule has 3 rings (SSSR count). The summed E-state index contributed by atoms with van der Waals surface area (Å²) in [7, 11) is 1.37. The molecule has 0 spiro atoms. The van der Waals surface area contributed by atoms with Crippen LogP contribution in [0.25, 0.3) is 22.3 Å². The van der Waals surface area contributed by atoms with Crippen molar-refractivity contribution in [1.82, 2.24) is 15.0 Å². The van der Waals surface area contributed by atoms with Gasteiger partial charge in [-0.1, -0.05) is 12.1 Å². The Morgan fingerprint density at radius 2 is 2.05 bits per heavy atom. The molecule has 5 nitrogen and oxygen atoms in total. The molecule has 0 radical (unpaired) electrons. The fraction of sp³-hybridized carbons (Fsp3) is 0.0714. The van der Waals surface area contributed by atoms with Crippen LogP contribution in [0, 0.1) is 0 Å². The second kappa shape index (κ2) is 4.53. The molecule has 0 amide bonds. The van der Waals surface area contributed by atoms with Crippen molar-refractivity contribution >= 4 is 17.0 Å². The van der Waals surface area contributed by atoms with Gasteiger partial charge in [0.15, 0.2) is 0 Å². The predicted octanol–water partition coefficient (Wildman–Crippen LogP) is 2.41. The van der Waals surface area contributed by atoms with Gasteiger partial charge in [-0.3, -0.25) is 0 Å². The lowest BCUT2D eigenvalue weighted by molar-refractivity contribution is 0.0601. The number of rotatable bonds is 2. The first-order valence-electron chi connectivity index (χ1n) is 5.75. The summed E-state index contributed by atoms with van der Waals surface area (Å²) >= 11 is 0. The van der Waals surface area contributed by atoms with Gasteiger partial charge in [-0.15, -0.1) is 0 Å². The van der Waals surface area contributed by atoms with Crippen LogP contribution in [0.4, 0.5) is 0 Å². The number of esters is 1. The topological polar surface area (TPSA) is 67.9 Å². The highest BCUT2D eigenvalue weighted by atomic mass is 16.5. The summed E-state index contributed by atoms with van der Waals surface area (Å²) < 4.78 is 4.66. The van der Waals surface area contributed by atoms with Gasteiger partial charge in [-0.25, -0.2) is 14.8 Å². The molecule has 0 unspecified atom stereocenters. The standard InChI is InChI=1S/C14H11N3O2/c1-19-14(18)10-4-2-9(3-5-10)12-6-11-7-15-8-16-13(11)17-12/h2-8H,1H3,(H,15,16,17). The van der Waals surface area contributed by atoms with Crippen LogP contribution in [0.2, 0.25) is 0 Å². The van der Waals surface area contributed by atoms with Crippen LogP contribution >= 0.6 is 0 Å². The second-order valence-corrected chi connectivity index (χ2v) is 4.08. The molecule has 5 heteroatoms. The second-order valence-electron chi connectivity index (χ2n) is 4.08. The number of hydrogen-bond acceptors (Lipinski definition) is 4. The van der Waals surface area contributed by atoms with Crippen LogP contribution < -0.4 is 0 Å². The minimum atomic E-state index is -0.339. The van der Waals surface area contributed by atoms with Gasteiger partial charge in [0.2, 0.25) is 0 Å². The van der Waals surface area contributed by atoms with E-state index in [9.17, 15) is 4.79 Å². The zero-order valence-corrected chi connectivity index (χ0v) is 10.3. The molecule has 0 atom stereocenters. The van der Waals surface area contributed by atoms with Gasteiger partial charge in [0.05, 0.1) is 12.7 Å². The highest BCUT2D eigenvalue weighted by Crippen LogP contribution is 2.22. The maximum Gasteiger partial charge on any atom is 0.337 e. The summed E-state index contributed by atoms with van der Waals surface area (Å²) in [6, 6.07) is 9.17. The Hall–Kier alpha value is -2.69. The molecule has 0 saturated carbocycles. The fourth-order valence-corrected chi connectivity index (χ4v) is 1.93. The van der Waals surface area contributed by atoms with Crippen LogP contribution in [0.15, 0.2) is 42.9 Å². The van der Waals surface area contributed by atoms with Crippen molar-refractivity contribution in [2.24, 2.45) is 0 Å². The van der Waals surface area contributed by atoms with E-state index in [0.717, 1.165) is 22.3 Å². The summed E-state index contributed by atoms with van der Waals surface area (Å²) in [5.74, 6) is -0.339. The van der Waals surface area contributed by atoms with E-state index in [-0.39, 0.29) is 5.97 Å². The zero-order valence-electron chi connectivity index (χ0n) is 10.3. The summed E-state index contributed by atoms with van der Waals surface area (Å²) in [4.78, 5) is 22.7. The third-order valence-electron chi connectivity index (χ3n) is 2.91. The molecule has 1 aromatic carbocycles. The molecule has 0 bridgehead atoms. The van der Waals surface area contributed by atoms with E-state index in [0.29, 0.717) is 5.56 Å². The van der Waals surface area contributed by atoms with E-state index in [1.54, 1.807) is 18.3 Å². The molecule has 2 heterocycles. The van der Waals surface area contributed by atoms with Crippen molar-refractivity contribution in [2.45, 2.75) is 0 Å². The van der Waals surface area contributed by atoms with E-state index < -0.39 is 0 Å². The number of carbonyl (C=O) groups is 1. The number of hydrogen-bond donors (Lipinski definition) is 1. The number of aromatic nitrogens is 3. The zero-order chi connectivity index (χ0) is 13.2. The monoisotopic (exact) mass is 253 g/mol. The summed E-state index contributed by atoms with van der Waals surface area (Å²) in [6.45, 7) is 0. The fourth-order valence-electron chi connectivity index (χ4n) is 1.93. The summed E-state index contributed by atoms with van der Waals surface area (Å²) in [5, 5.41) is 0.953. The van der Waals surface area contributed by atoms with Crippen molar-refractivity contribution < 1.29 is 9.53 Å². The molecule has 94 valence electrons. The smallest absolute Gasteiger partial charge is 0.337 e. The van der Waals surface area contributed by atoms with Gasteiger partial charge < -0.3 is 9.72 Å². The maximum atomic E-state index is 11.4. The number of aromatic amines is 1. The molecular weight excluding hydrogens is 242 g/mol. The molecule has 19 heavy (non-hydrogen) atoms. The first-order chi connectivity index (χ1) is 9.28. The highest BCUT2D eigenvalue weighted by Gasteiger charge is 2.07. The average molecular weight is 253 g/mol. The van der Waals surface area contributed by atoms with E-state index in [1.807, 2.05) is 18.2 Å². The number of nitrogens with zero attached hydrogens (tertiary/aromatic N) is 2. The number of fused-ring (bicyclic) bond motifs is 1.